The number of nitrogens with two attached hydrogens (primary N) is 1. The Bertz CT molecular complexity index is 715. The Morgan fingerprint density at radius 1 is 1.19 bits per heavy atom. The Morgan fingerprint density at radius 2 is 1.78 bits per heavy atom. The summed E-state index contributed by atoms with van der Waals surface area (Å²) in [7, 11) is -3.43. The molecule has 0 saturated carbocycles. The van der Waals surface area contributed by atoms with Gasteiger partial charge in [0, 0.05) is 32.8 Å². The van der Waals surface area contributed by atoms with Crippen molar-refractivity contribution in [3.63, 3.8) is 0 Å². The van der Waals surface area contributed by atoms with Gasteiger partial charge in [-0.25, -0.2) is 8.42 Å². The topological polar surface area (TPSA) is 102 Å². The molecule has 0 aromatic heterocycles. The lowest BCUT2D eigenvalue weighted by Gasteiger charge is -2.34. The highest BCUT2D eigenvalue weighted by Crippen LogP contribution is 2.24. The summed E-state index contributed by atoms with van der Waals surface area (Å²) in [5.74, 6) is 0.143. The van der Waals surface area contributed by atoms with Gasteiger partial charge in [-0.3, -0.25) is 4.79 Å². The number of ether oxygens (including phenoxy) is 1. The predicted octanol–water partition coefficient (Wildman–Crippen LogP) is 1.13. The van der Waals surface area contributed by atoms with Crippen molar-refractivity contribution in [1.82, 2.24) is 9.62 Å². The van der Waals surface area contributed by atoms with E-state index in [4.69, 9.17) is 10.5 Å². The van der Waals surface area contributed by atoms with Crippen molar-refractivity contribution in [3.05, 3.63) is 30.3 Å². The molecule has 2 aliphatic rings. The van der Waals surface area contributed by atoms with Gasteiger partial charge in [-0.15, -0.1) is 12.4 Å². The van der Waals surface area contributed by atoms with E-state index in [2.05, 4.69) is 5.32 Å². The van der Waals surface area contributed by atoms with Gasteiger partial charge in [-0.1, -0.05) is 18.2 Å². The summed E-state index contributed by atoms with van der Waals surface area (Å²) in [5, 5.41) is 2.96. The van der Waals surface area contributed by atoms with Crippen molar-refractivity contribution in [2.75, 3.05) is 32.8 Å². The van der Waals surface area contributed by atoms with Crippen LogP contribution in [0.5, 0.6) is 0 Å². The van der Waals surface area contributed by atoms with Crippen LogP contribution in [-0.2, 0) is 19.6 Å². The van der Waals surface area contributed by atoms with Gasteiger partial charge < -0.3 is 15.8 Å². The molecule has 0 bridgehead atoms. The minimum atomic E-state index is -3.43. The molecule has 9 heteroatoms. The number of sulfonamides is 1. The van der Waals surface area contributed by atoms with E-state index in [1.54, 1.807) is 30.3 Å². The molecule has 3 N–H and O–H groups in total. The Labute approximate surface area is 167 Å². The van der Waals surface area contributed by atoms with Crippen LogP contribution in [0.15, 0.2) is 35.2 Å². The highest BCUT2D eigenvalue weighted by Gasteiger charge is 2.36. The Hall–Kier alpha value is -1.19. The first-order valence-electron chi connectivity index (χ1n) is 9.12. The molecule has 1 aromatic carbocycles. The summed E-state index contributed by atoms with van der Waals surface area (Å²) < 4.78 is 32.1. The van der Waals surface area contributed by atoms with E-state index in [-0.39, 0.29) is 24.2 Å². The van der Waals surface area contributed by atoms with Gasteiger partial charge in [0.1, 0.15) is 0 Å². The number of piperidine rings is 1. The van der Waals surface area contributed by atoms with Crippen LogP contribution in [0.4, 0.5) is 0 Å². The second kappa shape index (κ2) is 9.34. The maximum Gasteiger partial charge on any atom is 0.243 e. The van der Waals surface area contributed by atoms with E-state index < -0.39 is 15.6 Å². The van der Waals surface area contributed by atoms with Gasteiger partial charge in [0.15, 0.2) is 0 Å². The molecule has 2 heterocycles. The van der Waals surface area contributed by atoms with Crippen molar-refractivity contribution in [2.45, 2.75) is 36.1 Å². The number of rotatable bonds is 5. The summed E-state index contributed by atoms with van der Waals surface area (Å²) in [5.41, 5.74) is 5.34. The van der Waals surface area contributed by atoms with Crippen molar-refractivity contribution in [2.24, 2.45) is 11.7 Å². The molecule has 0 spiro atoms. The highest BCUT2D eigenvalue weighted by molar-refractivity contribution is 7.89. The number of hydrogen-bond acceptors (Lipinski definition) is 5. The minimum absolute atomic E-state index is 0. The smallest absolute Gasteiger partial charge is 0.243 e. The third-order valence-electron chi connectivity index (χ3n) is 5.34. The molecule has 27 heavy (non-hydrogen) atoms. The third-order valence-corrected chi connectivity index (χ3v) is 7.26. The molecule has 2 saturated heterocycles. The van der Waals surface area contributed by atoms with Crippen LogP contribution >= 0.6 is 12.4 Å². The Morgan fingerprint density at radius 3 is 2.37 bits per heavy atom. The van der Waals surface area contributed by atoms with Gasteiger partial charge in [-0.2, -0.15) is 4.31 Å². The first-order valence-corrected chi connectivity index (χ1v) is 10.6. The molecule has 1 amide bonds. The summed E-state index contributed by atoms with van der Waals surface area (Å²) in [6.07, 6.45) is 2.53. The lowest BCUT2D eigenvalue weighted by atomic mass is 9.90. The van der Waals surface area contributed by atoms with E-state index in [1.165, 1.54) is 4.31 Å². The van der Waals surface area contributed by atoms with Crippen LogP contribution in [0.1, 0.15) is 25.7 Å². The molecule has 152 valence electrons. The Kier molecular flexibility index (Phi) is 7.64. The van der Waals surface area contributed by atoms with Crippen LogP contribution in [0.3, 0.4) is 0 Å². The summed E-state index contributed by atoms with van der Waals surface area (Å²) in [4.78, 5) is 12.7. The highest BCUT2D eigenvalue weighted by atomic mass is 35.5. The monoisotopic (exact) mass is 417 g/mol. The van der Waals surface area contributed by atoms with Crippen LogP contribution in [-0.4, -0.2) is 57.0 Å². The first-order chi connectivity index (χ1) is 12.4. The zero-order valence-corrected chi connectivity index (χ0v) is 16.9. The van der Waals surface area contributed by atoms with Gasteiger partial charge in [-0.05, 0) is 43.7 Å². The summed E-state index contributed by atoms with van der Waals surface area (Å²) in [6, 6.07) is 8.51. The maximum absolute atomic E-state index is 12.6. The molecular formula is C18H28ClN3O4S. The van der Waals surface area contributed by atoms with Crippen molar-refractivity contribution >= 4 is 28.3 Å². The quantitative estimate of drug-likeness (QED) is 0.747. The average Bonchev–Trinajstić information content (AvgIpc) is 2.67. The van der Waals surface area contributed by atoms with Crippen molar-refractivity contribution in [3.8, 4) is 0 Å². The maximum atomic E-state index is 12.6. The van der Waals surface area contributed by atoms with E-state index in [0.29, 0.717) is 50.6 Å². The molecule has 1 aromatic rings. The van der Waals surface area contributed by atoms with Crippen molar-refractivity contribution < 1.29 is 17.9 Å². The van der Waals surface area contributed by atoms with E-state index in [9.17, 15) is 13.2 Å². The normalized spacial score (nSPS) is 21.2. The fourth-order valence-electron chi connectivity index (χ4n) is 3.47. The number of nitrogens with zero attached hydrogens (tertiary/aromatic N) is 1. The van der Waals surface area contributed by atoms with Gasteiger partial charge >= 0.3 is 0 Å². The number of carbonyl (C=O) groups is 1. The SMILES string of the molecule is Cl.NC1(C(=O)NCC2CCN(S(=O)(=O)c3ccccc3)CC2)CCOCC1. The zero-order chi connectivity index (χ0) is 18.6. The summed E-state index contributed by atoms with van der Waals surface area (Å²) in [6.45, 7) is 2.51. The Balaban J connectivity index is 0.00000261. The zero-order valence-electron chi connectivity index (χ0n) is 15.3. The van der Waals surface area contributed by atoms with Crippen LogP contribution in [0.25, 0.3) is 0 Å². The molecule has 0 aliphatic carbocycles. The van der Waals surface area contributed by atoms with Crippen LogP contribution in [0.2, 0.25) is 0 Å². The van der Waals surface area contributed by atoms with Crippen LogP contribution < -0.4 is 11.1 Å². The van der Waals surface area contributed by atoms with Crippen LogP contribution in [0, 0.1) is 5.92 Å². The standard InChI is InChI=1S/C18H27N3O4S.ClH/c19-18(8-12-25-13-9-18)17(22)20-14-15-6-10-21(11-7-15)26(23,24)16-4-2-1-3-5-16;/h1-5,15H,6-14,19H2,(H,20,22);1H. The number of halogens is 1. The number of hydrogen-bond donors (Lipinski definition) is 2. The molecule has 0 atom stereocenters. The molecule has 3 rings (SSSR count). The van der Waals surface area contributed by atoms with E-state index in [0.717, 1.165) is 12.8 Å². The van der Waals surface area contributed by atoms with Gasteiger partial charge in [0.2, 0.25) is 15.9 Å². The molecule has 2 aliphatic heterocycles. The number of amides is 1. The van der Waals surface area contributed by atoms with Gasteiger partial charge in [0.05, 0.1) is 10.4 Å². The number of nitrogens with one attached hydrogen (secondary N) is 1. The van der Waals surface area contributed by atoms with E-state index in [1.807, 2.05) is 0 Å². The lowest BCUT2D eigenvalue weighted by Crippen LogP contribution is -2.57. The molecule has 2 fully saturated rings. The fourth-order valence-corrected chi connectivity index (χ4v) is 4.96. The van der Waals surface area contributed by atoms with Gasteiger partial charge in [0.25, 0.3) is 0 Å². The third kappa shape index (κ3) is 5.20. The minimum Gasteiger partial charge on any atom is -0.381 e. The number of benzene rings is 1. The average molecular weight is 418 g/mol. The molecule has 0 unspecified atom stereocenters. The van der Waals surface area contributed by atoms with E-state index >= 15 is 0 Å². The number of carbonyl (C=O) groups excluding carboxylic acids is 1. The second-order valence-electron chi connectivity index (χ2n) is 7.14. The largest absolute Gasteiger partial charge is 0.381 e. The van der Waals surface area contributed by atoms with Crippen molar-refractivity contribution in [1.29, 1.82) is 0 Å². The summed E-state index contributed by atoms with van der Waals surface area (Å²) >= 11 is 0. The molecule has 7 nitrogen and oxygen atoms in total. The fraction of sp³-hybridized carbons (Fsp3) is 0.611. The predicted molar refractivity (Wildman–Crippen MR) is 105 cm³/mol. The lowest BCUT2D eigenvalue weighted by molar-refractivity contribution is -0.130. The molecule has 0 radical (unpaired) electrons. The first kappa shape index (κ1) is 22.1. The second-order valence-corrected chi connectivity index (χ2v) is 9.08. The molecular weight excluding hydrogens is 390 g/mol.